The van der Waals surface area contributed by atoms with Gasteiger partial charge in [0, 0.05) is 18.2 Å². The fourth-order valence-corrected chi connectivity index (χ4v) is 1.06. The summed E-state index contributed by atoms with van der Waals surface area (Å²) in [6.07, 6.45) is 0. The van der Waals surface area contributed by atoms with Gasteiger partial charge in [-0.3, -0.25) is 0 Å². The van der Waals surface area contributed by atoms with Crippen molar-refractivity contribution >= 4 is 5.82 Å². The number of aromatic nitrogens is 1. The minimum Gasteiger partial charge on any atom is -0.478 e. The molecule has 0 saturated heterocycles. The lowest BCUT2D eigenvalue weighted by molar-refractivity contribution is 0.327. The van der Waals surface area contributed by atoms with Crippen molar-refractivity contribution in [1.29, 1.82) is 0 Å². The van der Waals surface area contributed by atoms with Crippen LogP contribution in [0.1, 0.15) is 20.8 Å². The number of nitrogens with one attached hydrogen (secondary N) is 1. The predicted molar refractivity (Wildman–Crippen MR) is 62.2 cm³/mol. The number of hydrogen-bond acceptors (Lipinski definition) is 4. The van der Waals surface area contributed by atoms with E-state index in [1.807, 2.05) is 39.0 Å². The third-order valence-corrected chi connectivity index (χ3v) is 1.74. The minimum atomic E-state index is -0.247. The van der Waals surface area contributed by atoms with Gasteiger partial charge in [0.1, 0.15) is 5.82 Å². The second kappa shape index (κ2) is 4.98. The van der Waals surface area contributed by atoms with E-state index in [0.717, 1.165) is 5.82 Å². The van der Waals surface area contributed by atoms with Crippen LogP contribution in [0.2, 0.25) is 0 Å². The van der Waals surface area contributed by atoms with Gasteiger partial charge in [-0.25, -0.2) is 0 Å². The van der Waals surface area contributed by atoms with Crippen molar-refractivity contribution in [2.75, 3.05) is 18.5 Å². The van der Waals surface area contributed by atoms with E-state index >= 15 is 0 Å². The maximum Gasteiger partial charge on any atom is 0.215 e. The molecule has 0 fully saturated rings. The molecule has 15 heavy (non-hydrogen) atoms. The monoisotopic (exact) mass is 209 g/mol. The molecule has 0 aromatic carbocycles. The molecular formula is C11H19N3O. The highest BCUT2D eigenvalue weighted by Crippen LogP contribution is 2.11. The molecule has 0 aliphatic rings. The van der Waals surface area contributed by atoms with E-state index in [4.69, 9.17) is 10.5 Å². The Labute approximate surface area is 90.8 Å². The van der Waals surface area contributed by atoms with E-state index in [1.54, 1.807) is 0 Å². The van der Waals surface area contributed by atoms with Crippen LogP contribution in [0.5, 0.6) is 5.88 Å². The van der Waals surface area contributed by atoms with E-state index in [-0.39, 0.29) is 5.54 Å². The molecule has 1 rings (SSSR count). The molecule has 0 aliphatic carbocycles. The van der Waals surface area contributed by atoms with Gasteiger partial charge in [0.2, 0.25) is 5.88 Å². The van der Waals surface area contributed by atoms with E-state index < -0.39 is 0 Å². The lowest BCUT2D eigenvalue weighted by Crippen LogP contribution is -2.39. The summed E-state index contributed by atoms with van der Waals surface area (Å²) in [5, 5.41) is 3.17. The maximum absolute atomic E-state index is 5.86. The topological polar surface area (TPSA) is 60.2 Å². The van der Waals surface area contributed by atoms with Gasteiger partial charge in [-0.15, -0.1) is 0 Å². The molecule has 4 heteroatoms. The number of nitrogens with two attached hydrogens (primary N) is 1. The zero-order chi connectivity index (χ0) is 11.3. The Hall–Kier alpha value is -1.29. The molecule has 1 aromatic rings. The average molecular weight is 209 g/mol. The summed E-state index contributed by atoms with van der Waals surface area (Å²) in [5.74, 6) is 1.43. The Balaban J connectivity index is 2.57. The fraction of sp³-hybridized carbons (Fsp3) is 0.545. The largest absolute Gasteiger partial charge is 0.478 e. The summed E-state index contributed by atoms with van der Waals surface area (Å²) in [5.41, 5.74) is 5.61. The summed E-state index contributed by atoms with van der Waals surface area (Å²) in [7, 11) is 0. The summed E-state index contributed by atoms with van der Waals surface area (Å²) in [4.78, 5) is 4.28. The molecule has 4 nitrogen and oxygen atoms in total. The molecule has 1 heterocycles. The van der Waals surface area contributed by atoms with Crippen molar-refractivity contribution in [3.05, 3.63) is 18.2 Å². The molecular weight excluding hydrogens is 190 g/mol. The average Bonchev–Trinajstić information content (AvgIpc) is 2.15. The van der Waals surface area contributed by atoms with Gasteiger partial charge in [-0.2, -0.15) is 4.98 Å². The van der Waals surface area contributed by atoms with Crippen LogP contribution in [-0.2, 0) is 0 Å². The number of ether oxygens (including phenoxy) is 1. The summed E-state index contributed by atoms with van der Waals surface area (Å²) < 4.78 is 5.30. The molecule has 1 aromatic heterocycles. The van der Waals surface area contributed by atoms with Gasteiger partial charge in [0.05, 0.1) is 6.61 Å². The molecule has 3 N–H and O–H groups in total. The van der Waals surface area contributed by atoms with Crippen molar-refractivity contribution in [1.82, 2.24) is 4.98 Å². The number of hydrogen-bond donors (Lipinski definition) is 2. The number of anilines is 1. The molecule has 0 amide bonds. The third kappa shape index (κ3) is 4.65. The normalized spacial score (nSPS) is 11.2. The second-order valence-electron chi connectivity index (χ2n) is 4.14. The van der Waals surface area contributed by atoms with E-state index in [2.05, 4.69) is 10.3 Å². The molecule has 0 saturated carbocycles. The molecule has 0 atom stereocenters. The lowest BCUT2D eigenvalue weighted by Gasteiger charge is -2.19. The van der Waals surface area contributed by atoms with Gasteiger partial charge in [-0.1, -0.05) is 6.07 Å². The van der Waals surface area contributed by atoms with Gasteiger partial charge >= 0.3 is 0 Å². The van der Waals surface area contributed by atoms with Crippen LogP contribution < -0.4 is 15.8 Å². The Kier molecular flexibility index (Phi) is 3.91. The summed E-state index contributed by atoms with van der Waals surface area (Å²) >= 11 is 0. The Morgan fingerprint density at radius 2 is 2.20 bits per heavy atom. The highest BCUT2D eigenvalue weighted by Gasteiger charge is 2.10. The quantitative estimate of drug-likeness (QED) is 0.773. The standard InChI is InChI=1S/C11H19N3O/c1-4-15-10-7-5-6-9(14-10)13-8-11(2,3)12/h5-7H,4,8,12H2,1-3H3,(H,13,14). The van der Waals surface area contributed by atoms with Crippen LogP contribution in [-0.4, -0.2) is 23.7 Å². The van der Waals surface area contributed by atoms with Crippen LogP contribution in [0.25, 0.3) is 0 Å². The van der Waals surface area contributed by atoms with Gasteiger partial charge < -0.3 is 15.8 Å². The first-order valence-electron chi connectivity index (χ1n) is 5.14. The van der Waals surface area contributed by atoms with Crippen molar-refractivity contribution in [3.63, 3.8) is 0 Å². The molecule has 84 valence electrons. The Morgan fingerprint density at radius 1 is 1.47 bits per heavy atom. The van der Waals surface area contributed by atoms with Crippen LogP contribution in [0.15, 0.2) is 18.2 Å². The van der Waals surface area contributed by atoms with E-state index in [0.29, 0.717) is 19.0 Å². The van der Waals surface area contributed by atoms with Crippen molar-refractivity contribution in [2.45, 2.75) is 26.3 Å². The van der Waals surface area contributed by atoms with Crippen LogP contribution in [0.4, 0.5) is 5.82 Å². The zero-order valence-corrected chi connectivity index (χ0v) is 9.58. The first kappa shape index (κ1) is 11.8. The minimum absolute atomic E-state index is 0.247. The third-order valence-electron chi connectivity index (χ3n) is 1.74. The van der Waals surface area contributed by atoms with Crippen LogP contribution >= 0.6 is 0 Å². The molecule has 0 aliphatic heterocycles. The van der Waals surface area contributed by atoms with Gasteiger partial charge in [0.15, 0.2) is 0 Å². The van der Waals surface area contributed by atoms with Gasteiger partial charge in [0.25, 0.3) is 0 Å². The van der Waals surface area contributed by atoms with Crippen molar-refractivity contribution in [2.24, 2.45) is 5.73 Å². The molecule has 0 unspecified atom stereocenters. The van der Waals surface area contributed by atoms with Crippen molar-refractivity contribution in [3.8, 4) is 5.88 Å². The fourth-order valence-electron chi connectivity index (χ4n) is 1.06. The second-order valence-corrected chi connectivity index (χ2v) is 4.14. The zero-order valence-electron chi connectivity index (χ0n) is 9.58. The van der Waals surface area contributed by atoms with Crippen LogP contribution in [0.3, 0.4) is 0 Å². The van der Waals surface area contributed by atoms with Crippen molar-refractivity contribution < 1.29 is 4.74 Å². The smallest absolute Gasteiger partial charge is 0.215 e. The van der Waals surface area contributed by atoms with Crippen LogP contribution in [0, 0.1) is 0 Å². The van der Waals surface area contributed by atoms with Gasteiger partial charge in [-0.05, 0) is 26.8 Å². The highest BCUT2D eigenvalue weighted by atomic mass is 16.5. The summed E-state index contributed by atoms with van der Waals surface area (Å²) in [6.45, 7) is 7.16. The first-order chi connectivity index (χ1) is 7.01. The molecule has 0 radical (unpaired) electrons. The predicted octanol–water partition coefficient (Wildman–Crippen LogP) is 1.63. The Morgan fingerprint density at radius 3 is 2.80 bits per heavy atom. The number of pyridine rings is 1. The Bertz CT molecular complexity index is 307. The van der Waals surface area contributed by atoms with E-state index in [1.165, 1.54) is 0 Å². The highest BCUT2D eigenvalue weighted by molar-refractivity contribution is 5.37. The number of rotatable bonds is 5. The number of nitrogens with zero attached hydrogens (tertiary/aromatic N) is 1. The van der Waals surface area contributed by atoms with E-state index in [9.17, 15) is 0 Å². The maximum atomic E-state index is 5.86. The lowest BCUT2D eigenvalue weighted by atomic mass is 10.1. The molecule has 0 spiro atoms. The summed E-state index contributed by atoms with van der Waals surface area (Å²) in [6, 6.07) is 5.64. The first-order valence-corrected chi connectivity index (χ1v) is 5.14. The SMILES string of the molecule is CCOc1cccc(NCC(C)(C)N)n1. The molecule has 0 bridgehead atoms.